The molecule has 5 unspecified atom stereocenters. The molecule has 0 spiro atoms. The molecular weight excluding hydrogens is 144 g/mol. The van der Waals surface area contributed by atoms with E-state index in [0.717, 1.165) is 6.42 Å². The Kier molecular flexibility index (Phi) is 1.35. The summed E-state index contributed by atoms with van der Waals surface area (Å²) in [6, 6.07) is 0. The minimum absolute atomic E-state index is 0.0141. The predicted octanol–water partition coefficient (Wildman–Crippen LogP) is -0.644. The number of hydrogen-bond donors (Lipinski definition) is 3. The lowest BCUT2D eigenvalue weighted by atomic mass is 9.99. The van der Waals surface area contributed by atoms with Crippen molar-refractivity contribution in [2.45, 2.75) is 25.6 Å². The van der Waals surface area contributed by atoms with Crippen LogP contribution < -0.4 is 0 Å². The molecule has 0 amide bonds. The van der Waals surface area contributed by atoms with Gasteiger partial charge in [0.05, 0.1) is 18.8 Å². The molecule has 3 N–H and O–H groups in total. The van der Waals surface area contributed by atoms with Crippen LogP contribution in [0.3, 0.4) is 0 Å². The van der Waals surface area contributed by atoms with Crippen molar-refractivity contribution < 1.29 is 15.3 Å². The molecule has 3 heteroatoms. The van der Waals surface area contributed by atoms with Gasteiger partial charge in [0.25, 0.3) is 0 Å². The maximum absolute atomic E-state index is 9.52. The summed E-state index contributed by atoms with van der Waals surface area (Å²) in [5.41, 5.74) is -0.334. The highest BCUT2D eigenvalue weighted by Gasteiger charge is 2.69. The van der Waals surface area contributed by atoms with Crippen molar-refractivity contribution in [3.8, 4) is 0 Å². The fourth-order valence-corrected chi connectivity index (χ4v) is 2.54. The van der Waals surface area contributed by atoms with E-state index < -0.39 is 12.2 Å². The van der Waals surface area contributed by atoms with Gasteiger partial charge < -0.3 is 15.3 Å². The van der Waals surface area contributed by atoms with Gasteiger partial charge in [-0.2, -0.15) is 0 Å². The molecule has 11 heavy (non-hydrogen) atoms. The lowest BCUT2D eigenvalue weighted by Gasteiger charge is -2.20. The molecule has 0 aliphatic heterocycles. The Balaban J connectivity index is 2.21. The fourth-order valence-electron chi connectivity index (χ4n) is 2.54. The van der Waals surface area contributed by atoms with Crippen molar-refractivity contribution >= 4 is 0 Å². The molecule has 2 aliphatic carbocycles. The predicted molar refractivity (Wildman–Crippen MR) is 38.8 cm³/mol. The third-order valence-electron chi connectivity index (χ3n) is 3.56. The molecule has 64 valence electrons. The molecule has 0 bridgehead atoms. The molecule has 0 radical (unpaired) electrons. The smallest absolute Gasteiger partial charge is 0.0882 e. The zero-order chi connectivity index (χ0) is 8.22. The van der Waals surface area contributed by atoms with Gasteiger partial charge >= 0.3 is 0 Å². The Morgan fingerprint density at radius 3 is 2.36 bits per heavy atom. The van der Waals surface area contributed by atoms with Crippen LogP contribution in [0.4, 0.5) is 0 Å². The fraction of sp³-hybridized carbons (Fsp3) is 1.00. The van der Waals surface area contributed by atoms with E-state index in [9.17, 15) is 10.2 Å². The first kappa shape index (κ1) is 7.53. The van der Waals surface area contributed by atoms with Gasteiger partial charge in [-0.3, -0.25) is 0 Å². The Morgan fingerprint density at radius 2 is 2.09 bits per heavy atom. The molecule has 2 rings (SSSR count). The van der Waals surface area contributed by atoms with Crippen molar-refractivity contribution in [3.63, 3.8) is 0 Å². The molecule has 3 nitrogen and oxygen atoms in total. The van der Waals surface area contributed by atoms with E-state index >= 15 is 0 Å². The second kappa shape index (κ2) is 1.97. The van der Waals surface area contributed by atoms with E-state index in [4.69, 9.17) is 5.11 Å². The van der Waals surface area contributed by atoms with E-state index in [0.29, 0.717) is 5.92 Å². The van der Waals surface area contributed by atoms with Gasteiger partial charge in [-0.05, 0) is 18.3 Å². The van der Waals surface area contributed by atoms with Gasteiger partial charge in [0.15, 0.2) is 0 Å². The summed E-state index contributed by atoms with van der Waals surface area (Å²) in [4.78, 5) is 0. The normalized spacial score (nSPS) is 61.1. The largest absolute Gasteiger partial charge is 0.396 e. The Morgan fingerprint density at radius 1 is 1.45 bits per heavy atom. The first-order valence-corrected chi connectivity index (χ1v) is 4.10. The van der Waals surface area contributed by atoms with E-state index in [1.807, 2.05) is 6.92 Å². The molecule has 2 aliphatic rings. The van der Waals surface area contributed by atoms with Crippen LogP contribution in [0.2, 0.25) is 0 Å². The SMILES string of the molecule is CC1C(O)C(O)C2(CO)CC12. The molecule has 0 saturated heterocycles. The minimum atomic E-state index is -0.701. The number of aliphatic hydroxyl groups excluding tert-OH is 3. The second-order valence-electron chi connectivity index (χ2n) is 4.00. The highest BCUT2D eigenvalue weighted by atomic mass is 16.3. The maximum atomic E-state index is 9.52. The van der Waals surface area contributed by atoms with E-state index in [1.54, 1.807) is 0 Å². The zero-order valence-electron chi connectivity index (χ0n) is 6.57. The Hall–Kier alpha value is -0.120. The molecule has 2 fully saturated rings. The summed E-state index contributed by atoms with van der Waals surface area (Å²) in [5, 5.41) is 27.9. The molecule has 0 aromatic carbocycles. The van der Waals surface area contributed by atoms with Gasteiger partial charge in [0.1, 0.15) is 0 Å². The van der Waals surface area contributed by atoms with Gasteiger partial charge in [-0.15, -0.1) is 0 Å². The number of aliphatic hydroxyl groups is 3. The standard InChI is InChI=1S/C8H14O3/c1-4-5-2-8(5,3-9)7(11)6(4)10/h4-7,9-11H,2-3H2,1H3. The van der Waals surface area contributed by atoms with Crippen molar-refractivity contribution in [2.24, 2.45) is 17.3 Å². The zero-order valence-corrected chi connectivity index (χ0v) is 6.57. The number of hydrogen-bond acceptors (Lipinski definition) is 3. The molecule has 0 heterocycles. The van der Waals surface area contributed by atoms with Gasteiger partial charge in [0.2, 0.25) is 0 Å². The van der Waals surface area contributed by atoms with Crippen molar-refractivity contribution in [3.05, 3.63) is 0 Å². The first-order valence-electron chi connectivity index (χ1n) is 4.10. The third-order valence-corrected chi connectivity index (χ3v) is 3.56. The van der Waals surface area contributed by atoms with Crippen LogP contribution in [0, 0.1) is 17.3 Å². The van der Waals surface area contributed by atoms with Crippen LogP contribution in [-0.4, -0.2) is 34.1 Å². The van der Waals surface area contributed by atoms with Gasteiger partial charge in [-0.25, -0.2) is 0 Å². The van der Waals surface area contributed by atoms with E-state index in [2.05, 4.69) is 0 Å². The second-order valence-corrected chi connectivity index (χ2v) is 4.00. The van der Waals surface area contributed by atoms with Crippen LogP contribution in [0.5, 0.6) is 0 Å². The number of fused-ring (bicyclic) bond motifs is 1. The maximum Gasteiger partial charge on any atom is 0.0882 e. The van der Waals surface area contributed by atoms with Gasteiger partial charge in [0, 0.05) is 5.41 Å². The van der Waals surface area contributed by atoms with E-state index in [-0.39, 0.29) is 17.9 Å². The van der Waals surface area contributed by atoms with E-state index in [1.165, 1.54) is 0 Å². The Bertz CT molecular complexity index is 180. The van der Waals surface area contributed by atoms with Crippen LogP contribution in [0.25, 0.3) is 0 Å². The summed E-state index contributed by atoms with van der Waals surface area (Å²) in [6.45, 7) is 1.95. The lowest BCUT2D eigenvalue weighted by Crippen LogP contribution is -2.34. The highest BCUT2D eigenvalue weighted by molar-refractivity contribution is 5.17. The molecule has 0 aromatic rings. The monoisotopic (exact) mass is 158 g/mol. The molecule has 0 aromatic heterocycles. The van der Waals surface area contributed by atoms with Gasteiger partial charge in [-0.1, -0.05) is 6.92 Å². The summed E-state index contributed by atoms with van der Waals surface area (Å²) < 4.78 is 0. The minimum Gasteiger partial charge on any atom is -0.396 e. The summed E-state index contributed by atoms with van der Waals surface area (Å²) in [7, 11) is 0. The number of rotatable bonds is 1. The van der Waals surface area contributed by atoms with Crippen molar-refractivity contribution in [1.29, 1.82) is 0 Å². The average Bonchev–Trinajstić information content (AvgIpc) is 2.71. The van der Waals surface area contributed by atoms with Crippen LogP contribution in [0.1, 0.15) is 13.3 Å². The van der Waals surface area contributed by atoms with Crippen LogP contribution in [-0.2, 0) is 0 Å². The molecule has 2 saturated carbocycles. The first-order chi connectivity index (χ1) is 5.13. The summed E-state index contributed by atoms with van der Waals surface area (Å²) >= 11 is 0. The molecular formula is C8H14O3. The average molecular weight is 158 g/mol. The highest BCUT2D eigenvalue weighted by Crippen LogP contribution is 2.65. The Labute approximate surface area is 65.7 Å². The van der Waals surface area contributed by atoms with Crippen molar-refractivity contribution in [1.82, 2.24) is 0 Å². The summed E-state index contributed by atoms with van der Waals surface area (Å²) in [6.07, 6.45) is -0.448. The van der Waals surface area contributed by atoms with Crippen LogP contribution >= 0.6 is 0 Å². The topological polar surface area (TPSA) is 60.7 Å². The van der Waals surface area contributed by atoms with Crippen molar-refractivity contribution in [2.75, 3.05) is 6.61 Å². The third kappa shape index (κ3) is 0.687. The van der Waals surface area contributed by atoms with Crippen LogP contribution in [0.15, 0.2) is 0 Å². The summed E-state index contributed by atoms with van der Waals surface area (Å²) in [5.74, 6) is 0.495. The lowest BCUT2D eigenvalue weighted by molar-refractivity contribution is -0.0302. The quantitative estimate of drug-likeness (QED) is 0.475. The molecule has 5 atom stereocenters.